The fraction of sp³-hybridized carbons (Fsp3) is 0.200. The molecule has 0 N–H and O–H groups in total. The zero-order valence-corrected chi connectivity index (χ0v) is 9.77. The minimum Gasteiger partial charge on any atom is -0.468 e. The average molecular weight is 273 g/mol. The van der Waals surface area contributed by atoms with Gasteiger partial charge in [-0.3, -0.25) is 14.9 Å². The zero-order valence-electron chi connectivity index (χ0n) is 9.02. The van der Waals surface area contributed by atoms with E-state index in [-0.39, 0.29) is 10.6 Å². The van der Waals surface area contributed by atoms with E-state index in [0.717, 1.165) is 13.2 Å². The number of ether oxygens (including phenoxy) is 1. The fourth-order valence-electron chi connectivity index (χ4n) is 1.28. The van der Waals surface area contributed by atoms with E-state index < -0.39 is 28.3 Å². The van der Waals surface area contributed by atoms with Crippen LogP contribution < -0.4 is 0 Å². The van der Waals surface area contributed by atoms with E-state index in [2.05, 4.69) is 4.74 Å². The van der Waals surface area contributed by atoms with Crippen molar-refractivity contribution in [3.63, 3.8) is 0 Å². The van der Waals surface area contributed by atoms with E-state index in [9.17, 15) is 19.3 Å². The Labute approximate surface area is 106 Å². The molecular formula is C10H6ClFN2O4. The lowest BCUT2D eigenvalue weighted by Gasteiger charge is -2.09. The Bertz CT molecular complexity index is 556. The van der Waals surface area contributed by atoms with E-state index in [1.807, 2.05) is 0 Å². The van der Waals surface area contributed by atoms with Crippen molar-refractivity contribution in [2.45, 2.75) is 5.92 Å². The molecule has 1 atom stereocenters. The van der Waals surface area contributed by atoms with Crippen LogP contribution in [0.5, 0.6) is 0 Å². The van der Waals surface area contributed by atoms with Gasteiger partial charge in [0.1, 0.15) is 0 Å². The highest BCUT2D eigenvalue weighted by atomic mass is 35.5. The molecule has 0 fully saturated rings. The maximum Gasteiger partial charge on any atom is 0.327 e. The van der Waals surface area contributed by atoms with Gasteiger partial charge in [-0.05, 0) is 6.07 Å². The highest BCUT2D eigenvalue weighted by Gasteiger charge is 2.27. The summed E-state index contributed by atoms with van der Waals surface area (Å²) < 4.78 is 17.7. The number of rotatable bonds is 3. The molecule has 0 aromatic heterocycles. The van der Waals surface area contributed by atoms with Crippen molar-refractivity contribution in [3.05, 3.63) is 38.7 Å². The summed E-state index contributed by atoms with van der Waals surface area (Å²) in [6, 6.07) is 3.03. The molecule has 0 aliphatic rings. The third-order valence-electron chi connectivity index (χ3n) is 2.14. The van der Waals surface area contributed by atoms with E-state index in [0.29, 0.717) is 6.07 Å². The van der Waals surface area contributed by atoms with Crippen molar-refractivity contribution in [1.82, 2.24) is 0 Å². The molecule has 0 saturated carbocycles. The van der Waals surface area contributed by atoms with Crippen molar-refractivity contribution >= 4 is 23.3 Å². The zero-order chi connectivity index (χ0) is 13.9. The standard InChI is InChI=1S/C10H6ClFN2O4/c1-18-10(15)6(4-13)5-2-8(12)9(14(16)17)3-7(5)11/h2-3,6H,1H3. The van der Waals surface area contributed by atoms with Gasteiger partial charge in [0.2, 0.25) is 5.82 Å². The molecular weight excluding hydrogens is 267 g/mol. The Morgan fingerprint density at radius 2 is 2.28 bits per heavy atom. The van der Waals surface area contributed by atoms with Crippen LogP contribution in [0.25, 0.3) is 0 Å². The largest absolute Gasteiger partial charge is 0.468 e. The lowest BCUT2D eigenvalue weighted by atomic mass is 10.00. The number of nitro groups is 1. The SMILES string of the molecule is COC(=O)C(C#N)c1cc(F)c([N+](=O)[O-])cc1Cl. The Morgan fingerprint density at radius 1 is 1.67 bits per heavy atom. The molecule has 8 heteroatoms. The van der Waals surface area contributed by atoms with Crippen LogP contribution in [0.15, 0.2) is 12.1 Å². The summed E-state index contributed by atoms with van der Waals surface area (Å²) >= 11 is 5.69. The molecule has 0 aliphatic heterocycles. The number of hydrogen-bond acceptors (Lipinski definition) is 5. The van der Waals surface area contributed by atoms with Gasteiger partial charge in [0, 0.05) is 11.6 Å². The molecule has 1 rings (SSSR count). The number of hydrogen-bond donors (Lipinski definition) is 0. The average Bonchev–Trinajstić information content (AvgIpc) is 2.33. The van der Waals surface area contributed by atoms with E-state index >= 15 is 0 Å². The summed E-state index contributed by atoms with van der Waals surface area (Å²) in [4.78, 5) is 20.8. The Kier molecular flexibility index (Phi) is 4.18. The third-order valence-corrected chi connectivity index (χ3v) is 2.47. The predicted molar refractivity (Wildman–Crippen MR) is 58.4 cm³/mol. The number of nitrogens with zero attached hydrogens (tertiary/aromatic N) is 2. The second-order valence-electron chi connectivity index (χ2n) is 3.17. The molecule has 1 aromatic rings. The summed E-state index contributed by atoms with van der Waals surface area (Å²) in [5.41, 5.74) is -1.00. The minimum atomic E-state index is -1.43. The second-order valence-corrected chi connectivity index (χ2v) is 3.57. The molecule has 18 heavy (non-hydrogen) atoms. The second kappa shape index (κ2) is 5.42. The molecule has 6 nitrogen and oxygen atoms in total. The van der Waals surface area contributed by atoms with Crippen molar-refractivity contribution < 1.29 is 18.8 Å². The van der Waals surface area contributed by atoms with Crippen LogP contribution in [0.4, 0.5) is 10.1 Å². The topological polar surface area (TPSA) is 93.2 Å². The number of benzene rings is 1. The smallest absolute Gasteiger partial charge is 0.327 e. The van der Waals surface area contributed by atoms with E-state index in [1.54, 1.807) is 6.07 Å². The molecule has 94 valence electrons. The molecule has 0 amide bonds. The van der Waals surface area contributed by atoms with Crippen molar-refractivity contribution in [2.75, 3.05) is 7.11 Å². The predicted octanol–water partition coefficient (Wildman–Crippen LogP) is 2.17. The normalized spacial score (nSPS) is 11.4. The summed E-state index contributed by atoms with van der Waals surface area (Å²) in [6.07, 6.45) is 0. The van der Waals surface area contributed by atoms with Gasteiger partial charge in [-0.1, -0.05) is 11.6 Å². The van der Waals surface area contributed by atoms with Gasteiger partial charge in [-0.25, -0.2) is 0 Å². The lowest BCUT2D eigenvalue weighted by Crippen LogP contribution is -2.13. The summed E-state index contributed by atoms with van der Waals surface area (Å²) in [5, 5.41) is 19.0. The van der Waals surface area contributed by atoms with Gasteiger partial charge in [0.25, 0.3) is 0 Å². The van der Waals surface area contributed by atoms with E-state index in [1.165, 1.54) is 0 Å². The van der Waals surface area contributed by atoms with Crippen LogP contribution in [-0.4, -0.2) is 18.0 Å². The number of esters is 1. The van der Waals surface area contributed by atoms with Crippen molar-refractivity contribution in [1.29, 1.82) is 5.26 Å². The number of nitro benzene ring substituents is 1. The van der Waals surface area contributed by atoms with Gasteiger partial charge >= 0.3 is 11.7 Å². The molecule has 0 spiro atoms. The van der Waals surface area contributed by atoms with Gasteiger partial charge in [0.15, 0.2) is 5.92 Å². The highest BCUT2D eigenvalue weighted by Crippen LogP contribution is 2.31. The highest BCUT2D eigenvalue weighted by molar-refractivity contribution is 6.32. The van der Waals surface area contributed by atoms with Crippen LogP contribution in [0.1, 0.15) is 11.5 Å². The number of halogens is 2. The van der Waals surface area contributed by atoms with Gasteiger partial charge in [-0.15, -0.1) is 0 Å². The number of carbonyl (C=O) groups is 1. The van der Waals surface area contributed by atoms with Crippen LogP contribution >= 0.6 is 11.6 Å². The Morgan fingerprint density at radius 3 is 2.72 bits per heavy atom. The molecule has 0 heterocycles. The molecule has 0 radical (unpaired) electrons. The van der Waals surface area contributed by atoms with Crippen molar-refractivity contribution in [3.8, 4) is 6.07 Å². The van der Waals surface area contributed by atoms with Gasteiger partial charge in [0.05, 0.1) is 23.1 Å². The van der Waals surface area contributed by atoms with Gasteiger partial charge in [-0.2, -0.15) is 9.65 Å². The van der Waals surface area contributed by atoms with Crippen LogP contribution in [0.3, 0.4) is 0 Å². The maximum absolute atomic E-state index is 13.4. The summed E-state index contributed by atoms with van der Waals surface area (Å²) in [7, 11) is 1.06. The number of carbonyl (C=O) groups excluding carboxylic acids is 1. The molecule has 0 bridgehead atoms. The first-order valence-electron chi connectivity index (χ1n) is 4.53. The Balaban J connectivity index is 3.35. The monoisotopic (exact) mass is 272 g/mol. The molecule has 1 unspecified atom stereocenters. The third kappa shape index (κ3) is 2.55. The van der Waals surface area contributed by atoms with E-state index in [4.69, 9.17) is 16.9 Å². The minimum absolute atomic E-state index is 0.172. The van der Waals surface area contributed by atoms with Gasteiger partial charge < -0.3 is 4.74 Å². The first-order valence-corrected chi connectivity index (χ1v) is 4.91. The molecule has 0 saturated heterocycles. The summed E-state index contributed by atoms with van der Waals surface area (Å²) in [6.45, 7) is 0. The number of methoxy groups -OCH3 is 1. The molecule has 1 aromatic carbocycles. The first-order chi connectivity index (χ1) is 8.42. The summed E-state index contributed by atoms with van der Waals surface area (Å²) in [5.74, 6) is -3.53. The van der Waals surface area contributed by atoms with Crippen molar-refractivity contribution in [2.24, 2.45) is 0 Å². The lowest BCUT2D eigenvalue weighted by molar-refractivity contribution is -0.387. The quantitative estimate of drug-likeness (QED) is 0.477. The maximum atomic E-state index is 13.4. The molecule has 0 aliphatic carbocycles. The van der Waals surface area contributed by atoms with Crippen LogP contribution in [0, 0.1) is 27.3 Å². The van der Waals surface area contributed by atoms with Crippen LogP contribution in [-0.2, 0) is 9.53 Å². The van der Waals surface area contributed by atoms with Crippen LogP contribution in [0.2, 0.25) is 5.02 Å². The fourth-order valence-corrected chi connectivity index (χ4v) is 1.55. The number of nitriles is 1. The first kappa shape index (κ1) is 13.9. The Hall–Kier alpha value is -2.20.